The number of rotatable bonds is 5. The molecule has 0 aliphatic heterocycles. The normalized spacial score (nSPS) is 12.2. The summed E-state index contributed by atoms with van der Waals surface area (Å²) in [4.78, 5) is 16.1. The van der Waals surface area contributed by atoms with E-state index in [0.717, 1.165) is 18.5 Å². The van der Waals surface area contributed by atoms with Crippen LogP contribution in [0.1, 0.15) is 35.8 Å². The Hall–Kier alpha value is -0.900. The summed E-state index contributed by atoms with van der Waals surface area (Å²) in [6.45, 7) is 4.68. The molecule has 16 heavy (non-hydrogen) atoms. The molecule has 1 amide bonds. The summed E-state index contributed by atoms with van der Waals surface area (Å²) < 4.78 is 0. The molecule has 0 fully saturated rings. The van der Waals surface area contributed by atoms with E-state index in [-0.39, 0.29) is 5.91 Å². The second-order valence-electron chi connectivity index (χ2n) is 3.78. The van der Waals surface area contributed by atoms with Gasteiger partial charge in [0.15, 0.2) is 0 Å². The van der Waals surface area contributed by atoms with Gasteiger partial charge in [-0.3, -0.25) is 9.78 Å². The van der Waals surface area contributed by atoms with Crippen molar-refractivity contribution in [1.29, 1.82) is 0 Å². The van der Waals surface area contributed by atoms with Gasteiger partial charge in [0, 0.05) is 23.3 Å². The van der Waals surface area contributed by atoms with E-state index in [0.29, 0.717) is 16.9 Å². The van der Waals surface area contributed by atoms with Gasteiger partial charge in [0.2, 0.25) is 0 Å². The number of pyridine rings is 1. The molecule has 0 radical (unpaired) electrons. The molecule has 4 heteroatoms. The third-order valence-corrected chi connectivity index (χ3v) is 3.04. The highest BCUT2D eigenvalue weighted by atomic mass is 79.9. The Morgan fingerprint density at radius 2 is 2.31 bits per heavy atom. The number of nitrogens with one attached hydrogen (secondary N) is 1. The minimum atomic E-state index is -0.0620. The van der Waals surface area contributed by atoms with Crippen molar-refractivity contribution >= 4 is 21.8 Å². The zero-order valence-corrected chi connectivity index (χ0v) is 11.3. The van der Waals surface area contributed by atoms with Crippen LogP contribution in [0.25, 0.3) is 0 Å². The van der Waals surface area contributed by atoms with Crippen molar-refractivity contribution in [2.45, 2.75) is 31.5 Å². The average molecular weight is 285 g/mol. The van der Waals surface area contributed by atoms with Crippen LogP contribution in [0.4, 0.5) is 0 Å². The van der Waals surface area contributed by atoms with Crippen LogP contribution in [-0.2, 0) is 0 Å². The first-order valence-electron chi connectivity index (χ1n) is 5.48. The Balaban J connectivity index is 2.43. The van der Waals surface area contributed by atoms with Gasteiger partial charge in [-0.15, -0.1) is 0 Å². The molecule has 1 heterocycles. The van der Waals surface area contributed by atoms with E-state index in [2.05, 4.69) is 33.2 Å². The van der Waals surface area contributed by atoms with Crippen LogP contribution in [0.2, 0.25) is 0 Å². The highest BCUT2D eigenvalue weighted by Crippen LogP contribution is 2.06. The fourth-order valence-electron chi connectivity index (χ4n) is 1.32. The number of aryl methyl sites for hydroxylation is 1. The number of carbonyl (C=O) groups excluding carboxylic acids is 1. The van der Waals surface area contributed by atoms with E-state index in [9.17, 15) is 4.79 Å². The van der Waals surface area contributed by atoms with E-state index < -0.39 is 0 Å². The number of alkyl halides is 1. The Labute approximate surface area is 105 Å². The van der Waals surface area contributed by atoms with Gasteiger partial charge in [0.05, 0.1) is 5.56 Å². The summed E-state index contributed by atoms with van der Waals surface area (Å²) in [6.07, 6.45) is 3.78. The molecule has 0 saturated carbocycles. The molecule has 1 rings (SSSR count). The monoisotopic (exact) mass is 284 g/mol. The molecule has 0 saturated heterocycles. The van der Waals surface area contributed by atoms with Crippen LogP contribution in [-0.4, -0.2) is 22.3 Å². The lowest BCUT2D eigenvalue weighted by atomic mass is 10.2. The zero-order chi connectivity index (χ0) is 12.0. The molecular formula is C12H17BrN2O. The SMILES string of the molecule is CCCC(Br)CNC(=O)c1ccc(C)nc1. The molecule has 0 aliphatic carbocycles. The predicted octanol–water partition coefficient (Wildman–Crippen LogP) is 2.68. The highest BCUT2D eigenvalue weighted by molar-refractivity contribution is 9.09. The van der Waals surface area contributed by atoms with Gasteiger partial charge in [0.25, 0.3) is 5.91 Å². The molecule has 0 aliphatic rings. The molecule has 1 unspecified atom stereocenters. The molecular weight excluding hydrogens is 268 g/mol. The number of carbonyl (C=O) groups is 1. The van der Waals surface area contributed by atoms with Crippen LogP contribution in [0.15, 0.2) is 18.3 Å². The fourth-order valence-corrected chi connectivity index (χ4v) is 1.94. The van der Waals surface area contributed by atoms with Gasteiger partial charge in [-0.25, -0.2) is 0 Å². The van der Waals surface area contributed by atoms with Crippen molar-refractivity contribution in [3.8, 4) is 0 Å². The molecule has 0 aromatic carbocycles. The first kappa shape index (κ1) is 13.2. The van der Waals surface area contributed by atoms with Crippen LogP contribution in [0, 0.1) is 6.92 Å². The van der Waals surface area contributed by atoms with E-state index in [1.807, 2.05) is 13.0 Å². The number of hydrogen-bond acceptors (Lipinski definition) is 2. The first-order chi connectivity index (χ1) is 7.63. The fraction of sp³-hybridized carbons (Fsp3) is 0.500. The predicted molar refractivity (Wildman–Crippen MR) is 68.9 cm³/mol. The van der Waals surface area contributed by atoms with E-state index >= 15 is 0 Å². The van der Waals surface area contributed by atoms with Crippen molar-refractivity contribution in [2.75, 3.05) is 6.54 Å². The molecule has 88 valence electrons. The third-order valence-electron chi connectivity index (χ3n) is 2.26. The number of nitrogens with zero attached hydrogens (tertiary/aromatic N) is 1. The van der Waals surface area contributed by atoms with Crippen molar-refractivity contribution in [1.82, 2.24) is 10.3 Å². The summed E-state index contributed by atoms with van der Waals surface area (Å²) in [6, 6.07) is 3.63. The van der Waals surface area contributed by atoms with Gasteiger partial charge >= 0.3 is 0 Å². The molecule has 1 aromatic rings. The van der Waals surface area contributed by atoms with Crippen molar-refractivity contribution in [2.24, 2.45) is 0 Å². The van der Waals surface area contributed by atoms with Gasteiger partial charge in [0.1, 0.15) is 0 Å². The first-order valence-corrected chi connectivity index (χ1v) is 6.40. The lowest BCUT2D eigenvalue weighted by molar-refractivity contribution is 0.0953. The maximum absolute atomic E-state index is 11.7. The van der Waals surface area contributed by atoms with Crippen LogP contribution < -0.4 is 5.32 Å². The van der Waals surface area contributed by atoms with Gasteiger partial charge in [-0.05, 0) is 25.5 Å². The smallest absolute Gasteiger partial charge is 0.252 e. The number of halogens is 1. The summed E-state index contributed by atoms with van der Waals surface area (Å²) in [5.74, 6) is -0.0620. The number of aromatic nitrogens is 1. The van der Waals surface area contributed by atoms with Crippen molar-refractivity contribution in [3.63, 3.8) is 0 Å². The van der Waals surface area contributed by atoms with Gasteiger partial charge in [-0.1, -0.05) is 29.3 Å². The summed E-state index contributed by atoms with van der Waals surface area (Å²) in [7, 11) is 0. The average Bonchev–Trinajstić information content (AvgIpc) is 2.27. The van der Waals surface area contributed by atoms with Gasteiger partial charge in [-0.2, -0.15) is 0 Å². The van der Waals surface area contributed by atoms with E-state index in [4.69, 9.17) is 0 Å². The molecule has 0 spiro atoms. The maximum atomic E-state index is 11.7. The van der Waals surface area contributed by atoms with Crippen molar-refractivity contribution < 1.29 is 4.79 Å². The largest absolute Gasteiger partial charge is 0.351 e. The second-order valence-corrected chi connectivity index (χ2v) is 5.08. The zero-order valence-electron chi connectivity index (χ0n) is 9.66. The van der Waals surface area contributed by atoms with Crippen LogP contribution in [0.3, 0.4) is 0 Å². The summed E-state index contributed by atoms with van der Waals surface area (Å²) >= 11 is 3.52. The lowest BCUT2D eigenvalue weighted by Crippen LogP contribution is -2.29. The van der Waals surface area contributed by atoms with E-state index in [1.54, 1.807) is 12.3 Å². The Bertz CT molecular complexity index is 337. The minimum absolute atomic E-state index is 0.0620. The van der Waals surface area contributed by atoms with Crippen LogP contribution in [0.5, 0.6) is 0 Å². The second kappa shape index (κ2) is 6.63. The summed E-state index contributed by atoms with van der Waals surface area (Å²) in [5, 5.41) is 2.88. The van der Waals surface area contributed by atoms with Crippen molar-refractivity contribution in [3.05, 3.63) is 29.6 Å². The topological polar surface area (TPSA) is 42.0 Å². The highest BCUT2D eigenvalue weighted by Gasteiger charge is 2.08. The Morgan fingerprint density at radius 1 is 1.56 bits per heavy atom. The summed E-state index contributed by atoms with van der Waals surface area (Å²) in [5.41, 5.74) is 1.53. The Kier molecular flexibility index (Phi) is 5.46. The van der Waals surface area contributed by atoms with E-state index in [1.165, 1.54) is 0 Å². The number of hydrogen-bond donors (Lipinski definition) is 1. The quantitative estimate of drug-likeness (QED) is 0.845. The molecule has 3 nitrogen and oxygen atoms in total. The standard InChI is InChI=1S/C12H17BrN2O/c1-3-4-11(13)8-15-12(16)10-6-5-9(2)14-7-10/h5-7,11H,3-4,8H2,1-2H3,(H,15,16). The Morgan fingerprint density at radius 3 is 2.88 bits per heavy atom. The third kappa shape index (κ3) is 4.31. The molecule has 1 aromatic heterocycles. The molecule has 1 N–H and O–H groups in total. The number of amides is 1. The molecule has 1 atom stereocenters. The van der Waals surface area contributed by atoms with Gasteiger partial charge < -0.3 is 5.32 Å². The lowest BCUT2D eigenvalue weighted by Gasteiger charge is -2.09. The minimum Gasteiger partial charge on any atom is -0.351 e. The molecule has 0 bridgehead atoms. The maximum Gasteiger partial charge on any atom is 0.252 e. The van der Waals surface area contributed by atoms with Crippen LogP contribution >= 0.6 is 15.9 Å².